The average molecular weight is 244 g/mol. The van der Waals surface area contributed by atoms with Crippen molar-refractivity contribution in [2.24, 2.45) is 0 Å². The molecule has 0 aromatic carbocycles. The molecule has 0 saturated heterocycles. The summed E-state index contributed by atoms with van der Waals surface area (Å²) in [5.41, 5.74) is 0. The van der Waals surface area contributed by atoms with E-state index >= 15 is 0 Å². The Morgan fingerprint density at radius 2 is 1.22 bits per heavy atom. The number of allylic oxidation sites excluding steroid dienone is 9. The number of unbranched alkanes of at least 4 members (excludes halogenated alkanes) is 6. The lowest BCUT2D eigenvalue weighted by Crippen LogP contribution is -1.77. The van der Waals surface area contributed by atoms with E-state index in [9.17, 15) is 0 Å². The molecule has 0 spiro atoms. The van der Waals surface area contributed by atoms with Crippen molar-refractivity contribution in [3.05, 3.63) is 61.3 Å². The van der Waals surface area contributed by atoms with E-state index in [1.54, 1.807) is 6.08 Å². The molecule has 0 rings (SSSR count). The SMILES string of the molecule is C=C/C=C/C=C/C=C/C=C/CCCCCCCC. The summed E-state index contributed by atoms with van der Waals surface area (Å²) in [5.74, 6) is 0. The number of rotatable bonds is 11. The summed E-state index contributed by atoms with van der Waals surface area (Å²) in [6.07, 6.45) is 27.6. The highest BCUT2D eigenvalue weighted by Crippen LogP contribution is 2.07. The summed E-state index contributed by atoms with van der Waals surface area (Å²) < 4.78 is 0. The predicted octanol–water partition coefficient (Wildman–Crippen LogP) is 6.15. The summed E-state index contributed by atoms with van der Waals surface area (Å²) >= 11 is 0. The maximum absolute atomic E-state index is 3.61. The summed E-state index contributed by atoms with van der Waals surface area (Å²) in [4.78, 5) is 0. The minimum Gasteiger partial charge on any atom is -0.0991 e. The molecular weight excluding hydrogens is 216 g/mol. The molecule has 0 aliphatic rings. The molecule has 0 aromatic heterocycles. The highest BCUT2D eigenvalue weighted by Gasteiger charge is 1.87. The van der Waals surface area contributed by atoms with Crippen LogP contribution in [0.3, 0.4) is 0 Å². The van der Waals surface area contributed by atoms with Gasteiger partial charge >= 0.3 is 0 Å². The van der Waals surface area contributed by atoms with Gasteiger partial charge in [-0.05, 0) is 12.8 Å². The standard InChI is InChI=1S/C18H28/c1-3-5-7-9-11-13-15-17-18-16-14-12-10-8-6-4-2/h3,5,7,9,11,13,15,17-18H,1,4,6,8,10,12,14,16H2,2H3/b7-5+,11-9+,15-13+,18-17+. The summed E-state index contributed by atoms with van der Waals surface area (Å²) in [6, 6.07) is 0. The third kappa shape index (κ3) is 14.7. The fourth-order valence-electron chi connectivity index (χ4n) is 1.62. The molecule has 0 atom stereocenters. The van der Waals surface area contributed by atoms with Gasteiger partial charge in [-0.15, -0.1) is 0 Å². The van der Waals surface area contributed by atoms with Crippen molar-refractivity contribution in [2.45, 2.75) is 51.9 Å². The fourth-order valence-corrected chi connectivity index (χ4v) is 1.62. The van der Waals surface area contributed by atoms with Gasteiger partial charge in [0.25, 0.3) is 0 Å². The molecular formula is C18H28. The van der Waals surface area contributed by atoms with Gasteiger partial charge in [-0.1, -0.05) is 100 Å². The lowest BCUT2D eigenvalue weighted by atomic mass is 10.1. The Kier molecular flexibility index (Phi) is 14.6. The van der Waals surface area contributed by atoms with Crippen LogP contribution in [0.1, 0.15) is 51.9 Å². The van der Waals surface area contributed by atoms with Crippen molar-refractivity contribution >= 4 is 0 Å². The normalized spacial score (nSPS) is 12.5. The van der Waals surface area contributed by atoms with Gasteiger partial charge in [-0.2, -0.15) is 0 Å². The van der Waals surface area contributed by atoms with Crippen molar-refractivity contribution < 1.29 is 0 Å². The molecule has 0 aromatic rings. The molecule has 18 heavy (non-hydrogen) atoms. The maximum Gasteiger partial charge on any atom is -0.0348 e. The van der Waals surface area contributed by atoms with Gasteiger partial charge in [-0.25, -0.2) is 0 Å². The first-order valence-corrected chi connectivity index (χ1v) is 7.19. The van der Waals surface area contributed by atoms with Crippen molar-refractivity contribution in [3.63, 3.8) is 0 Å². The van der Waals surface area contributed by atoms with E-state index in [-0.39, 0.29) is 0 Å². The third-order valence-electron chi connectivity index (χ3n) is 2.66. The minimum atomic E-state index is 1.20. The van der Waals surface area contributed by atoms with Crippen molar-refractivity contribution in [1.29, 1.82) is 0 Å². The zero-order valence-electron chi connectivity index (χ0n) is 11.9. The first-order valence-electron chi connectivity index (χ1n) is 7.19. The lowest BCUT2D eigenvalue weighted by Gasteiger charge is -1.97. The summed E-state index contributed by atoms with van der Waals surface area (Å²) in [5, 5.41) is 0. The summed E-state index contributed by atoms with van der Waals surface area (Å²) in [7, 11) is 0. The topological polar surface area (TPSA) is 0 Å². The number of hydrogen-bond donors (Lipinski definition) is 0. The van der Waals surface area contributed by atoms with E-state index in [4.69, 9.17) is 0 Å². The Hall–Kier alpha value is -1.30. The van der Waals surface area contributed by atoms with E-state index in [1.807, 2.05) is 30.4 Å². The quantitative estimate of drug-likeness (QED) is 0.302. The Bertz CT molecular complexity index is 276. The second-order valence-electron chi connectivity index (χ2n) is 4.37. The van der Waals surface area contributed by atoms with Gasteiger partial charge in [0, 0.05) is 0 Å². The lowest BCUT2D eigenvalue weighted by molar-refractivity contribution is 0.611. The molecule has 0 radical (unpaired) electrons. The van der Waals surface area contributed by atoms with E-state index in [1.165, 1.54) is 44.9 Å². The highest BCUT2D eigenvalue weighted by atomic mass is 13.9. The van der Waals surface area contributed by atoms with Crippen LogP contribution in [0.25, 0.3) is 0 Å². The van der Waals surface area contributed by atoms with Crippen LogP contribution in [0.2, 0.25) is 0 Å². The Morgan fingerprint density at radius 1 is 0.667 bits per heavy atom. The van der Waals surface area contributed by atoms with Crippen molar-refractivity contribution in [2.75, 3.05) is 0 Å². The molecule has 0 saturated carbocycles. The minimum absolute atomic E-state index is 1.20. The second kappa shape index (κ2) is 15.7. The van der Waals surface area contributed by atoms with Crippen LogP contribution in [0.5, 0.6) is 0 Å². The molecule has 0 amide bonds. The molecule has 100 valence electrons. The Balaban J connectivity index is 3.37. The molecule has 0 fully saturated rings. The maximum atomic E-state index is 3.61. The molecule has 0 heteroatoms. The van der Waals surface area contributed by atoms with Crippen LogP contribution in [-0.2, 0) is 0 Å². The van der Waals surface area contributed by atoms with E-state index < -0.39 is 0 Å². The van der Waals surface area contributed by atoms with Crippen molar-refractivity contribution in [3.8, 4) is 0 Å². The first-order chi connectivity index (χ1) is 8.91. The van der Waals surface area contributed by atoms with Crippen LogP contribution in [0.4, 0.5) is 0 Å². The van der Waals surface area contributed by atoms with Crippen molar-refractivity contribution in [1.82, 2.24) is 0 Å². The van der Waals surface area contributed by atoms with Crippen LogP contribution in [0.15, 0.2) is 61.3 Å². The Morgan fingerprint density at radius 3 is 1.89 bits per heavy atom. The molecule has 0 aliphatic carbocycles. The zero-order valence-corrected chi connectivity index (χ0v) is 11.9. The Labute approximate surface area is 113 Å². The van der Waals surface area contributed by atoms with Gasteiger partial charge in [-0.3, -0.25) is 0 Å². The predicted molar refractivity (Wildman–Crippen MR) is 84.8 cm³/mol. The second-order valence-corrected chi connectivity index (χ2v) is 4.37. The smallest absolute Gasteiger partial charge is 0.0348 e. The van der Waals surface area contributed by atoms with E-state index in [2.05, 4.69) is 31.7 Å². The van der Waals surface area contributed by atoms with Gasteiger partial charge in [0.1, 0.15) is 0 Å². The van der Waals surface area contributed by atoms with Crippen LogP contribution < -0.4 is 0 Å². The van der Waals surface area contributed by atoms with Gasteiger partial charge < -0.3 is 0 Å². The molecule has 0 aliphatic heterocycles. The van der Waals surface area contributed by atoms with Gasteiger partial charge in [0.15, 0.2) is 0 Å². The van der Waals surface area contributed by atoms with Gasteiger partial charge in [0.05, 0.1) is 0 Å². The third-order valence-corrected chi connectivity index (χ3v) is 2.66. The van der Waals surface area contributed by atoms with Gasteiger partial charge in [0.2, 0.25) is 0 Å². The largest absolute Gasteiger partial charge is 0.0991 e. The highest BCUT2D eigenvalue weighted by molar-refractivity contribution is 5.17. The fraction of sp³-hybridized carbons (Fsp3) is 0.444. The average Bonchev–Trinajstić information content (AvgIpc) is 2.39. The van der Waals surface area contributed by atoms with Crippen LogP contribution >= 0.6 is 0 Å². The monoisotopic (exact) mass is 244 g/mol. The molecule has 0 N–H and O–H groups in total. The molecule has 0 unspecified atom stereocenters. The number of hydrogen-bond acceptors (Lipinski definition) is 0. The van der Waals surface area contributed by atoms with E-state index in [0.717, 1.165) is 0 Å². The van der Waals surface area contributed by atoms with E-state index in [0.29, 0.717) is 0 Å². The molecule has 0 heterocycles. The van der Waals surface area contributed by atoms with Crippen LogP contribution in [-0.4, -0.2) is 0 Å². The molecule has 0 bridgehead atoms. The molecule has 0 nitrogen and oxygen atoms in total. The van der Waals surface area contributed by atoms with Crippen LogP contribution in [0, 0.1) is 0 Å². The zero-order chi connectivity index (χ0) is 13.3. The summed E-state index contributed by atoms with van der Waals surface area (Å²) in [6.45, 7) is 5.87. The first kappa shape index (κ1) is 16.7.